The van der Waals surface area contributed by atoms with Gasteiger partial charge in [0, 0.05) is 5.69 Å². The van der Waals surface area contributed by atoms with Crippen molar-refractivity contribution >= 4 is 39.5 Å². The van der Waals surface area contributed by atoms with Crippen LogP contribution in [0.5, 0.6) is 5.75 Å². The topological polar surface area (TPSA) is 68.5 Å². The Labute approximate surface area is 123 Å². The minimum absolute atomic E-state index is 0.302. The fraction of sp³-hybridized carbons (Fsp3) is 0.0833. The van der Waals surface area contributed by atoms with Crippen molar-refractivity contribution in [3.63, 3.8) is 0 Å². The van der Waals surface area contributed by atoms with E-state index in [2.05, 4.69) is 15.4 Å². The second kappa shape index (κ2) is 5.10. The van der Waals surface area contributed by atoms with Crippen molar-refractivity contribution in [2.75, 3.05) is 12.4 Å². The zero-order valence-corrected chi connectivity index (χ0v) is 11.9. The highest BCUT2D eigenvalue weighted by Gasteiger charge is 2.13. The number of methoxy groups -OCH3 is 1. The van der Waals surface area contributed by atoms with Crippen LogP contribution in [-0.2, 0) is 0 Å². The van der Waals surface area contributed by atoms with Crippen LogP contribution in [0.1, 0.15) is 10.5 Å². The SMILES string of the molecule is COc1ccc(NC(=O)c2cn3ncsc3n2)cc1Cl. The summed E-state index contributed by atoms with van der Waals surface area (Å²) in [4.78, 5) is 16.9. The molecule has 0 saturated heterocycles. The van der Waals surface area contributed by atoms with Crippen LogP contribution in [-0.4, -0.2) is 27.6 Å². The maximum absolute atomic E-state index is 12.1. The first-order chi connectivity index (χ1) is 9.67. The lowest BCUT2D eigenvalue weighted by molar-refractivity contribution is 0.102. The Bertz CT molecular complexity index is 754. The number of amides is 1. The maximum Gasteiger partial charge on any atom is 0.275 e. The van der Waals surface area contributed by atoms with Crippen molar-refractivity contribution in [1.82, 2.24) is 14.6 Å². The summed E-state index contributed by atoms with van der Waals surface area (Å²) in [5, 5.41) is 7.17. The van der Waals surface area contributed by atoms with Crippen molar-refractivity contribution in [2.24, 2.45) is 0 Å². The lowest BCUT2D eigenvalue weighted by Crippen LogP contribution is -2.12. The summed E-state index contributed by atoms with van der Waals surface area (Å²) in [6.45, 7) is 0. The molecular weight excluding hydrogens is 300 g/mol. The van der Waals surface area contributed by atoms with Crippen LogP contribution < -0.4 is 10.1 Å². The van der Waals surface area contributed by atoms with Gasteiger partial charge >= 0.3 is 0 Å². The highest BCUT2D eigenvalue weighted by Crippen LogP contribution is 2.27. The van der Waals surface area contributed by atoms with E-state index in [1.165, 1.54) is 18.4 Å². The van der Waals surface area contributed by atoms with Crippen molar-refractivity contribution < 1.29 is 9.53 Å². The fourth-order valence-electron chi connectivity index (χ4n) is 1.69. The number of hydrogen-bond acceptors (Lipinski definition) is 5. The summed E-state index contributed by atoms with van der Waals surface area (Å²) in [5.41, 5.74) is 2.54. The summed E-state index contributed by atoms with van der Waals surface area (Å²) in [5.74, 6) is 0.236. The molecule has 0 spiro atoms. The number of imidazole rings is 1. The van der Waals surface area contributed by atoms with Crippen LogP contribution in [0.15, 0.2) is 29.9 Å². The van der Waals surface area contributed by atoms with Crippen LogP contribution in [0.25, 0.3) is 4.96 Å². The first-order valence-electron chi connectivity index (χ1n) is 5.61. The van der Waals surface area contributed by atoms with Gasteiger partial charge in [0.15, 0.2) is 0 Å². The van der Waals surface area contributed by atoms with Gasteiger partial charge in [0.1, 0.15) is 17.0 Å². The molecule has 6 nitrogen and oxygen atoms in total. The van der Waals surface area contributed by atoms with Gasteiger partial charge in [-0.2, -0.15) is 5.10 Å². The number of benzene rings is 1. The summed E-state index contributed by atoms with van der Waals surface area (Å²) >= 11 is 7.36. The second-order valence-electron chi connectivity index (χ2n) is 3.90. The number of fused-ring (bicyclic) bond motifs is 1. The normalized spacial score (nSPS) is 10.7. The summed E-state index contributed by atoms with van der Waals surface area (Å²) in [6, 6.07) is 5.01. The Kier molecular flexibility index (Phi) is 3.29. The van der Waals surface area contributed by atoms with E-state index in [1.54, 1.807) is 34.4 Å². The van der Waals surface area contributed by atoms with E-state index < -0.39 is 0 Å². The third-order valence-electron chi connectivity index (χ3n) is 2.63. The van der Waals surface area contributed by atoms with E-state index in [0.717, 1.165) is 0 Å². The predicted octanol–water partition coefficient (Wildman–Crippen LogP) is 2.71. The summed E-state index contributed by atoms with van der Waals surface area (Å²) in [7, 11) is 1.53. The number of carbonyl (C=O) groups is 1. The molecule has 1 aromatic carbocycles. The highest BCUT2D eigenvalue weighted by molar-refractivity contribution is 7.14. The number of nitrogens with zero attached hydrogens (tertiary/aromatic N) is 3. The molecule has 0 atom stereocenters. The molecule has 20 heavy (non-hydrogen) atoms. The lowest BCUT2D eigenvalue weighted by Gasteiger charge is -2.06. The summed E-state index contributed by atoms with van der Waals surface area (Å²) < 4.78 is 6.61. The molecular formula is C12H9ClN4O2S. The molecule has 2 heterocycles. The largest absolute Gasteiger partial charge is 0.495 e. The Balaban J connectivity index is 1.81. The third-order valence-corrected chi connectivity index (χ3v) is 3.61. The molecule has 102 valence electrons. The van der Waals surface area contributed by atoms with E-state index in [4.69, 9.17) is 16.3 Å². The fourth-order valence-corrected chi connectivity index (χ4v) is 2.55. The van der Waals surface area contributed by atoms with Crippen LogP contribution in [0.3, 0.4) is 0 Å². The molecule has 3 aromatic rings. The minimum Gasteiger partial charge on any atom is -0.495 e. The quantitative estimate of drug-likeness (QED) is 0.807. The van der Waals surface area contributed by atoms with Gasteiger partial charge in [0.05, 0.1) is 18.3 Å². The first-order valence-corrected chi connectivity index (χ1v) is 6.87. The molecule has 0 bridgehead atoms. The average Bonchev–Trinajstić information content (AvgIpc) is 2.99. The van der Waals surface area contributed by atoms with Crippen molar-refractivity contribution in [1.29, 1.82) is 0 Å². The Morgan fingerprint density at radius 1 is 1.50 bits per heavy atom. The molecule has 0 unspecified atom stereocenters. The summed E-state index contributed by atoms with van der Waals surface area (Å²) in [6.07, 6.45) is 1.58. The number of aromatic nitrogens is 3. The molecule has 0 aliphatic rings. The van der Waals surface area contributed by atoms with Crippen molar-refractivity contribution in [3.05, 3.63) is 40.6 Å². The average molecular weight is 309 g/mol. The Morgan fingerprint density at radius 2 is 2.35 bits per heavy atom. The standard InChI is InChI=1S/C12H9ClN4O2S/c1-19-10-3-2-7(4-8(10)13)15-11(18)9-5-17-12(16-9)20-6-14-17/h2-6H,1H3,(H,15,18). The van der Waals surface area contributed by atoms with Gasteiger partial charge in [0.25, 0.3) is 5.91 Å². The molecule has 1 N–H and O–H groups in total. The number of rotatable bonds is 3. The minimum atomic E-state index is -0.316. The van der Waals surface area contributed by atoms with E-state index in [1.807, 2.05) is 0 Å². The molecule has 0 radical (unpaired) electrons. The third kappa shape index (κ3) is 2.33. The number of ether oxygens (including phenoxy) is 1. The number of nitrogens with one attached hydrogen (secondary N) is 1. The van der Waals surface area contributed by atoms with E-state index in [9.17, 15) is 4.79 Å². The highest BCUT2D eigenvalue weighted by atomic mass is 35.5. The van der Waals surface area contributed by atoms with E-state index in [-0.39, 0.29) is 5.91 Å². The number of halogens is 1. The molecule has 0 saturated carbocycles. The number of hydrogen-bond donors (Lipinski definition) is 1. The monoisotopic (exact) mass is 308 g/mol. The van der Waals surface area contributed by atoms with Gasteiger partial charge in [-0.3, -0.25) is 4.79 Å². The molecule has 3 rings (SSSR count). The molecule has 1 amide bonds. The number of anilines is 1. The predicted molar refractivity (Wildman–Crippen MR) is 76.8 cm³/mol. The Morgan fingerprint density at radius 3 is 3.05 bits per heavy atom. The van der Waals surface area contributed by atoms with Crippen LogP contribution in [0.4, 0.5) is 5.69 Å². The molecule has 8 heteroatoms. The lowest BCUT2D eigenvalue weighted by atomic mass is 10.3. The van der Waals surface area contributed by atoms with Crippen molar-refractivity contribution in [3.8, 4) is 5.75 Å². The molecule has 0 aliphatic heterocycles. The first kappa shape index (κ1) is 12.9. The van der Waals surface area contributed by atoms with Gasteiger partial charge in [-0.15, -0.1) is 0 Å². The Hall–Kier alpha value is -2.12. The van der Waals surface area contributed by atoms with Gasteiger partial charge < -0.3 is 10.1 Å². The zero-order valence-electron chi connectivity index (χ0n) is 10.3. The number of carbonyl (C=O) groups excluding carboxylic acids is 1. The zero-order chi connectivity index (χ0) is 14.1. The van der Waals surface area contributed by atoms with Gasteiger partial charge in [-0.05, 0) is 18.2 Å². The maximum atomic E-state index is 12.1. The van der Waals surface area contributed by atoms with Gasteiger partial charge in [-0.1, -0.05) is 22.9 Å². The molecule has 0 fully saturated rings. The molecule has 2 aromatic heterocycles. The van der Waals surface area contributed by atoms with E-state index in [0.29, 0.717) is 27.1 Å². The second-order valence-corrected chi connectivity index (χ2v) is 5.11. The van der Waals surface area contributed by atoms with Crippen LogP contribution in [0.2, 0.25) is 5.02 Å². The van der Waals surface area contributed by atoms with Crippen molar-refractivity contribution in [2.45, 2.75) is 0 Å². The molecule has 0 aliphatic carbocycles. The van der Waals surface area contributed by atoms with Crippen LogP contribution in [0, 0.1) is 0 Å². The smallest absolute Gasteiger partial charge is 0.275 e. The van der Waals surface area contributed by atoms with Gasteiger partial charge in [0.2, 0.25) is 4.96 Å². The van der Waals surface area contributed by atoms with E-state index >= 15 is 0 Å². The van der Waals surface area contributed by atoms with Crippen LogP contribution >= 0.6 is 22.9 Å². The van der Waals surface area contributed by atoms with Gasteiger partial charge in [-0.25, -0.2) is 9.50 Å².